The molecule has 0 aromatic carbocycles. The number of carbonyl (C=O) groups excluding carboxylic acids is 1. The maximum atomic E-state index is 11.1. The topological polar surface area (TPSA) is 75.4 Å². The van der Waals surface area contributed by atoms with Crippen LogP contribution in [-0.4, -0.2) is 29.2 Å². The van der Waals surface area contributed by atoms with Crippen molar-refractivity contribution in [2.45, 2.75) is 32.4 Å². The van der Waals surface area contributed by atoms with E-state index in [2.05, 4.69) is 5.32 Å². The Morgan fingerprint density at radius 1 is 1.73 bits per heavy atom. The van der Waals surface area contributed by atoms with Crippen molar-refractivity contribution < 1.29 is 9.90 Å². The number of nitrogens with two attached hydrogens (primary N) is 1. The van der Waals surface area contributed by atoms with Crippen molar-refractivity contribution in [1.29, 1.82) is 0 Å². The lowest BCUT2D eigenvalue weighted by Crippen LogP contribution is -2.55. The lowest BCUT2D eigenvalue weighted by molar-refractivity contribution is -0.127. The first-order chi connectivity index (χ1) is 4.90. The molecule has 11 heavy (non-hydrogen) atoms. The van der Waals surface area contributed by atoms with Crippen LogP contribution in [0.25, 0.3) is 0 Å². The zero-order chi connectivity index (χ0) is 9.07. The highest BCUT2D eigenvalue weighted by atomic mass is 16.3. The molecule has 0 fully saturated rings. The minimum Gasteiger partial charge on any atom is -0.394 e. The van der Waals surface area contributed by atoms with E-state index in [4.69, 9.17) is 10.8 Å². The highest BCUT2D eigenvalue weighted by molar-refractivity contribution is 5.85. The zero-order valence-electron chi connectivity index (χ0n) is 7.22. The summed E-state index contributed by atoms with van der Waals surface area (Å²) in [7, 11) is 0. The van der Waals surface area contributed by atoms with E-state index < -0.39 is 5.54 Å². The summed E-state index contributed by atoms with van der Waals surface area (Å²) in [6.45, 7) is 4.83. The summed E-state index contributed by atoms with van der Waals surface area (Å²) >= 11 is 0. The summed E-state index contributed by atoms with van der Waals surface area (Å²) in [5.74, 6) is -0.324. The largest absolute Gasteiger partial charge is 0.394 e. The van der Waals surface area contributed by atoms with E-state index >= 15 is 0 Å². The average molecular weight is 160 g/mol. The molecular weight excluding hydrogens is 144 g/mol. The molecule has 0 rings (SSSR count). The van der Waals surface area contributed by atoms with Gasteiger partial charge >= 0.3 is 0 Å². The van der Waals surface area contributed by atoms with Gasteiger partial charge in [-0.2, -0.15) is 0 Å². The number of aliphatic hydroxyl groups is 1. The summed E-state index contributed by atoms with van der Waals surface area (Å²) < 4.78 is 0. The molecule has 0 aromatic heterocycles. The van der Waals surface area contributed by atoms with Gasteiger partial charge in [-0.3, -0.25) is 4.79 Å². The smallest absolute Gasteiger partial charge is 0.242 e. The molecule has 0 saturated heterocycles. The van der Waals surface area contributed by atoms with E-state index in [-0.39, 0.29) is 18.6 Å². The first-order valence-corrected chi connectivity index (χ1v) is 3.61. The Morgan fingerprint density at radius 2 is 2.18 bits per heavy atom. The number of hydrogen-bond acceptors (Lipinski definition) is 3. The number of aliphatic hydroxyl groups excluding tert-OH is 1. The molecule has 1 atom stereocenters. The second-order valence-electron chi connectivity index (χ2n) is 3.20. The Hall–Kier alpha value is -0.610. The predicted molar refractivity (Wildman–Crippen MR) is 43.0 cm³/mol. The van der Waals surface area contributed by atoms with Crippen molar-refractivity contribution in [2.24, 2.45) is 5.73 Å². The van der Waals surface area contributed by atoms with Crippen LogP contribution in [0.15, 0.2) is 0 Å². The summed E-state index contributed by atoms with van der Waals surface area (Å²) in [6, 6.07) is 0.0527. The van der Waals surface area contributed by atoms with Gasteiger partial charge in [0.2, 0.25) is 5.91 Å². The second-order valence-corrected chi connectivity index (χ2v) is 3.20. The van der Waals surface area contributed by atoms with Crippen LogP contribution in [0.1, 0.15) is 20.8 Å². The Morgan fingerprint density at radius 3 is 2.45 bits per heavy atom. The summed E-state index contributed by atoms with van der Waals surface area (Å²) in [5.41, 5.74) is 4.28. The number of carbonyl (C=O) groups is 1. The van der Waals surface area contributed by atoms with Gasteiger partial charge in [0.05, 0.1) is 6.61 Å². The fourth-order valence-corrected chi connectivity index (χ4v) is 0.499. The Labute approximate surface area is 66.8 Å². The molecule has 4 nitrogen and oxygen atoms in total. The molecule has 4 heteroatoms. The van der Waals surface area contributed by atoms with E-state index in [0.29, 0.717) is 0 Å². The van der Waals surface area contributed by atoms with E-state index in [1.54, 1.807) is 0 Å². The van der Waals surface area contributed by atoms with Crippen LogP contribution in [0.3, 0.4) is 0 Å². The number of amides is 1. The van der Waals surface area contributed by atoms with E-state index in [1.165, 1.54) is 6.92 Å². The number of nitrogens with one attached hydrogen (secondary N) is 1. The lowest BCUT2D eigenvalue weighted by Gasteiger charge is -2.21. The van der Waals surface area contributed by atoms with Crippen molar-refractivity contribution >= 4 is 5.91 Å². The Kier molecular flexibility index (Phi) is 3.48. The molecule has 0 aliphatic rings. The molecule has 0 saturated carbocycles. The van der Waals surface area contributed by atoms with Crippen LogP contribution >= 0.6 is 0 Å². The third kappa shape index (κ3) is 3.34. The van der Waals surface area contributed by atoms with Gasteiger partial charge in [-0.1, -0.05) is 0 Å². The van der Waals surface area contributed by atoms with Gasteiger partial charge in [0, 0.05) is 6.04 Å². The first-order valence-electron chi connectivity index (χ1n) is 3.61. The zero-order valence-corrected chi connectivity index (χ0v) is 7.22. The van der Waals surface area contributed by atoms with Crippen LogP contribution in [-0.2, 0) is 4.79 Å². The minimum atomic E-state index is -1.16. The average Bonchev–Trinajstić information content (AvgIpc) is 1.86. The lowest BCUT2D eigenvalue weighted by atomic mass is 10.0. The van der Waals surface area contributed by atoms with Gasteiger partial charge in [-0.25, -0.2) is 0 Å². The van der Waals surface area contributed by atoms with Gasteiger partial charge in [0.15, 0.2) is 0 Å². The van der Waals surface area contributed by atoms with Crippen LogP contribution in [0, 0.1) is 0 Å². The van der Waals surface area contributed by atoms with E-state index in [1.807, 2.05) is 13.8 Å². The second kappa shape index (κ2) is 3.69. The summed E-state index contributed by atoms with van der Waals surface area (Å²) in [6.07, 6.45) is 0. The SMILES string of the molecule is CC(C)NC(=O)C(C)(N)CO. The molecule has 0 radical (unpaired) electrons. The molecule has 0 aliphatic carbocycles. The monoisotopic (exact) mass is 160 g/mol. The molecule has 0 bridgehead atoms. The standard InChI is InChI=1S/C7H16N2O2/c1-5(2)9-6(11)7(3,8)4-10/h5,10H,4,8H2,1-3H3,(H,9,11). The maximum absolute atomic E-state index is 11.1. The Balaban J connectivity index is 4.02. The molecule has 0 heterocycles. The minimum absolute atomic E-state index is 0.0527. The van der Waals surface area contributed by atoms with Crippen LogP contribution < -0.4 is 11.1 Å². The quantitative estimate of drug-likeness (QED) is 0.507. The molecular formula is C7H16N2O2. The molecule has 1 unspecified atom stereocenters. The van der Waals surface area contributed by atoms with Crippen molar-refractivity contribution in [3.63, 3.8) is 0 Å². The molecule has 0 aromatic rings. The van der Waals surface area contributed by atoms with Gasteiger partial charge in [0.1, 0.15) is 5.54 Å². The van der Waals surface area contributed by atoms with Crippen LogP contribution in [0.4, 0.5) is 0 Å². The van der Waals surface area contributed by atoms with E-state index in [9.17, 15) is 4.79 Å². The fourth-order valence-electron chi connectivity index (χ4n) is 0.499. The molecule has 66 valence electrons. The maximum Gasteiger partial charge on any atom is 0.242 e. The first kappa shape index (κ1) is 10.4. The highest BCUT2D eigenvalue weighted by Gasteiger charge is 2.27. The summed E-state index contributed by atoms with van der Waals surface area (Å²) in [5, 5.41) is 11.3. The third-order valence-corrected chi connectivity index (χ3v) is 1.27. The van der Waals surface area contributed by atoms with Crippen molar-refractivity contribution in [2.75, 3.05) is 6.61 Å². The molecule has 0 spiro atoms. The van der Waals surface area contributed by atoms with Crippen molar-refractivity contribution in [3.8, 4) is 0 Å². The van der Waals surface area contributed by atoms with Gasteiger partial charge in [-0.15, -0.1) is 0 Å². The Bertz CT molecular complexity index is 143. The fraction of sp³-hybridized carbons (Fsp3) is 0.857. The van der Waals surface area contributed by atoms with E-state index in [0.717, 1.165) is 0 Å². The van der Waals surface area contributed by atoms with Crippen molar-refractivity contribution in [1.82, 2.24) is 5.32 Å². The number of hydrogen-bond donors (Lipinski definition) is 3. The molecule has 0 aliphatic heterocycles. The van der Waals surface area contributed by atoms with Crippen molar-refractivity contribution in [3.05, 3.63) is 0 Å². The predicted octanol–water partition coefficient (Wildman–Crippen LogP) is -0.779. The van der Waals surface area contributed by atoms with Crippen LogP contribution in [0.2, 0.25) is 0 Å². The number of rotatable bonds is 3. The normalized spacial score (nSPS) is 16.2. The van der Waals surface area contributed by atoms with Gasteiger partial charge in [-0.05, 0) is 20.8 Å². The highest BCUT2D eigenvalue weighted by Crippen LogP contribution is 1.97. The third-order valence-electron chi connectivity index (χ3n) is 1.27. The van der Waals surface area contributed by atoms with Gasteiger partial charge < -0.3 is 16.2 Å². The summed E-state index contributed by atoms with van der Waals surface area (Å²) in [4.78, 5) is 11.1. The van der Waals surface area contributed by atoms with Crippen LogP contribution in [0.5, 0.6) is 0 Å². The molecule has 4 N–H and O–H groups in total. The van der Waals surface area contributed by atoms with Gasteiger partial charge in [0.25, 0.3) is 0 Å². The molecule has 1 amide bonds.